The Morgan fingerprint density at radius 3 is 1.53 bits per heavy atom. The van der Waals surface area contributed by atoms with Crippen molar-refractivity contribution in [2.75, 3.05) is 11.4 Å². The summed E-state index contributed by atoms with van der Waals surface area (Å²) in [7, 11) is 0. The second-order valence-electron chi connectivity index (χ2n) is 4.44. The van der Waals surface area contributed by atoms with Gasteiger partial charge < -0.3 is 4.90 Å². The topological polar surface area (TPSA) is 3.24 Å². The highest BCUT2D eigenvalue weighted by molar-refractivity contribution is 5.67. The molecule has 1 aromatic carbocycles. The van der Waals surface area contributed by atoms with Crippen molar-refractivity contribution in [1.82, 2.24) is 0 Å². The number of hydrogen-bond acceptors (Lipinski definition) is 1. The molecule has 0 radical (unpaired) electrons. The Balaban J connectivity index is 0.00000256. The summed E-state index contributed by atoms with van der Waals surface area (Å²) < 4.78 is 0. The Morgan fingerprint density at radius 1 is 0.882 bits per heavy atom. The van der Waals surface area contributed by atoms with Crippen LogP contribution in [0.5, 0.6) is 0 Å². The fraction of sp³-hybridized carbons (Fsp3) is 0.500. The summed E-state index contributed by atoms with van der Waals surface area (Å²) in [4.78, 5) is 2.23. The standard InChI is InChI=1S/C15H23N.CH4/c1-8-16(9-2)15-13(6)11(4)10(3)12(5)14(15)7;/h8H,1,9H2,2-7H3;1H4. The van der Waals surface area contributed by atoms with Crippen molar-refractivity contribution in [3.05, 3.63) is 40.6 Å². The van der Waals surface area contributed by atoms with Crippen LogP contribution in [0.4, 0.5) is 5.69 Å². The van der Waals surface area contributed by atoms with Gasteiger partial charge in [0.1, 0.15) is 0 Å². The maximum atomic E-state index is 3.90. The Bertz CT molecular complexity index is 387. The van der Waals surface area contributed by atoms with Crippen molar-refractivity contribution >= 4 is 5.69 Å². The molecule has 0 aromatic heterocycles. The maximum Gasteiger partial charge on any atom is 0.0470 e. The lowest BCUT2D eigenvalue weighted by atomic mass is 9.92. The minimum absolute atomic E-state index is 0. The first kappa shape index (κ1) is 15.8. The molecule has 0 saturated heterocycles. The highest BCUT2D eigenvalue weighted by atomic mass is 15.1. The molecule has 0 aliphatic carbocycles. The van der Waals surface area contributed by atoms with Gasteiger partial charge in [-0.25, -0.2) is 0 Å². The second-order valence-corrected chi connectivity index (χ2v) is 4.44. The van der Waals surface area contributed by atoms with Crippen LogP contribution in [0.1, 0.15) is 42.2 Å². The Morgan fingerprint density at radius 2 is 1.24 bits per heavy atom. The molecule has 0 unspecified atom stereocenters. The van der Waals surface area contributed by atoms with Crippen LogP contribution in [0.3, 0.4) is 0 Å². The summed E-state index contributed by atoms with van der Waals surface area (Å²) in [5.74, 6) is 0. The third-order valence-corrected chi connectivity index (χ3v) is 3.81. The molecule has 1 aromatic rings. The van der Waals surface area contributed by atoms with Gasteiger partial charge in [-0.15, -0.1) is 0 Å². The van der Waals surface area contributed by atoms with Crippen molar-refractivity contribution in [3.63, 3.8) is 0 Å². The molecule has 0 N–H and O–H groups in total. The molecular formula is C16H27N. The lowest BCUT2D eigenvalue weighted by Gasteiger charge is -2.26. The second kappa shape index (κ2) is 5.90. The van der Waals surface area contributed by atoms with Crippen molar-refractivity contribution in [3.8, 4) is 0 Å². The molecule has 17 heavy (non-hydrogen) atoms. The van der Waals surface area contributed by atoms with E-state index in [0.717, 1.165) is 6.54 Å². The van der Waals surface area contributed by atoms with Gasteiger partial charge in [0, 0.05) is 12.2 Å². The van der Waals surface area contributed by atoms with Crippen molar-refractivity contribution in [1.29, 1.82) is 0 Å². The molecule has 1 nitrogen and oxygen atoms in total. The predicted octanol–water partition coefficient (Wildman–Crippen LogP) is 4.83. The molecule has 96 valence electrons. The van der Waals surface area contributed by atoms with Crippen molar-refractivity contribution < 1.29 is 0 Å². The molecule has 0 spiro atoms. The molecule has 0 bridgehead atoms. The molecule has 0 saturated carbocycles. The summed E-state index contributed by atoms with van der Waals surface area (Å²) in [5.41, 5.74) is 8.30. The summed E-state index contributed by atoms with van der Waals surface area (Å²) in [6.07, 6.45) is 1.92. The minimum atomic E-state index is 0. The largest absolute Gasteiger partial charge is 0.348 e. The smallest absolute Gasteiger partial charge is 0.0470 e. The highest BCUT2D eigenvalue weighted by Crippen LogP contribution is 2.32. The third-order valence-electron chi connectivity index (χ3n) is 3.81. The lowest BCUT2D eigenvalue weighted by Crippen LogP contribution is -2.18. The third kappa shape index (κ3) is 2.54. The first-order chi connectivity index (χ1) is 7.45. The first-order valence-electron chi connectivity index (χ1n) is 5.91. The van der Waals surface area contributed by atoms with Gasteiger partial charge in [-0.2, -0.15) is 0 Å². The number of nitrogens with zero attached hydrogens (tertiary/aromatic N) is 1. The summed E-state index contributed by atoms with van der Waals surface area (Å²) in [5, 5.41) is 0. The fourth-order valence-electron chi connectivity index (χ4n) is 2.29. The van der Waals surface area contributed by atoms with E-state index in [0.29, 0.717) is 0 Å². The van der Waals surface area contributed by atoms with Gasteiger partial charge in [-0.3, -0.25) is 0 Å². The predicted molar refractivity (Wildman–Crippen MR) is 80.1 cm³/mol. The van der Waals surface area contributed by atoms with E-state index >= 15 is 0 Å². The van der Waals surface area contributed by atoms with Crippen LogP contribution in [-0.4, -0.2) is 6.54 Å². The van der Waals surface area contributed by atoms with Crippen molar-refractivity contribution in [2.45, 2.75) is 49.0 Å². The molecule has 0 atom stereocenters. The van der Waals surface area contributed by atoms with Gasteiger partial charge in [0.25, 0.3) is 0 Å². The minimum Gasteiger partial charge on any atom is -0.348 e. The van der Waals surface area contributed by atoms with E-state index in [2.05, 4.69) is 53.0 Å². The van der Waals surface area contributed by atoms with E-state index < -0.39 is 0 Å². The van der Waals surface area contributed by atoms with E-state index in [9.17, 15) is 0 Å². The average Bonchev–Trinajstić information content (AvgIpc) is 2.29. The van der Waals surface area contributed by atoms with Crippen LogP contribution < -0.4 is 4.90 Å². The maximum absolute atomic E-state index is 3.90. The van der Waals surface area contributed by atoms with Crippen LogP contribution >= 0.6 is 0 Å². The number of benzene rings is 1. The molecule has 1 heteroatoms. The van der Waals surface area contributed by atoms with Crippen LogP contribution in [0.15, 0.2) is 12.8 Å². The number of anilines is 1. The number of hydrogen-bond donors (Lipinski definition) is 0. The molecule has 0 heterocycles. The van der Waals surface area contributed by atoms with Crippen LogP contribution in [0, 0.1) is 34.6 Å². The van der Waals surface area contributed by atoms with Gasteiger partial charge in [-0.1, -0.05) is 14.0 Å². The average molecular weight is 233 g/mol. The van der Waals surface area contributed by atoms with E-state index in [1.807, 2.05) is 6.20 Å². The quantitative estimate of drug-likeness (QED) is 0.722. The SMILES string of the molecule is C.C=CN(CC)c1c(C)c(C)c(C)c(C)c1C. The van der Waals surface area contributed by atoms with Gasteiger partial charge in [-0.05, 0) is 75.6 Å². The summed E-state index contributed by atoms with van der Waals surface area (Å²) >= 11 is 0. The van der Waals surface area contributed by atoms with Crippen molar-refractivity contribution in [2.24, 2.45) is 0 Å². The van der Waals surface area contributed by atoms with Gasteiger partial charge in [0.15, 0.2) is 0 Å². The highest BCUT2D eigenvalue weighted by Gasteiger charge is 2.14. The Kier molecular flexibility index (Phi) is 5.47. The van der Waals surface area contributed by atoms with Gasteiger partial charge in [0.2, 0.25) is 0 Å². The van der Waals surface area contributed by atoms with Gasteiger partial charge in [0.05, 0.1) is 0 Å². The van der Waals surface area contributed by atoms with E-state index in [-0.39, 0.29) is 7.43 Å². The van der Waals surface area contributed by atoms with E-state index in [4.69, 9.17) is 0 Å². The van der Waals surface area contributed by atoms with Crippen LogP contribution in [0.2, 0.25) is 0 Å². The van der Waals surface area contributed by atoms with Gasteiger partial charge >= 0.3 is 0 Å². The zero-order valence-corrected chi connectivity index (χ0v) is 11.4. The summed E-state index contributed by atoms with van der Waals surface area (Å²) in [6, 6.07) is 0. The van der Waals surface area contributed by atoms with Crippen LogP contribution in [-0.2, 0) is 0 Å². The fourth-order valence-corrected chi connectivity index (χ4v) is 2.29. The molecule has 1 rings (SSSR count). The normalized spacial score (nSPS) is 9.76. The monoisotopic (exact) mass is 233 g/mol. The zero-order valence-electron chi connectivity index (χ0n) is 11.4. The van der Waals surface area contributed by atoms with E-state index in [1.165, 1.54) is 33.5 Å². The Hall–Kier alpha value is -1.24. The molecule has 0 amide bonds. The zero-order chi connectivity index (χ0) is 12.5. The first-order valence-corrected chi connectivity index (χ1v) is 5.91. The lowest BCUT2D eigenvalue weighted by molar-refractivity contribution is 0.989. The molecule has 0 aliphatic rings. The molecule has 0 fully saturated rings. The summed E-state index contributed by atoms with van der Waals surface area (Å²) in [6.45, 7) is 18.0. The molecule has 0 aliphatic heterocycles. The van der Waals surface area contributed by atoms with E-state index in [1.54, 1.807) is 0 Å². The Labute approximate surface area is 107 Å². The number of rotatable bonds is 3. The van der Waals surface area contributed by atoms with Crippen LogP contribution in [0.25, 0.3) is 0 Å². The molecular weight excluding hydrogens is 206 g/mol.